The smallest absolute Gasteiger partial charge is 0.410 e. The van der Waals surface area contributed by atoms with Gasteiger partial charge in [-0.05, 0) is 50.1 Å². The van der Waals surface area contributed by atoms with Gasteiger partial charge in [0.05, 0.1) is 10.9 Å². The molecular weight excluding hydrogens is 364 g/mol. The lowest BCUT2D eigenvalue weighted by Gasteiger charge is -2.34. The number of sulfonamides is 1. The molecule has 2 aromatic carbocycles. The van der Waals surface area contributed by atoms with Crippen LogP contribution in [-0.2, 0) is 14.8 Å². The predicted octanol–water partition coefficient (Wildman–Crippen LogP) is 3.22. The first-order valence-electron chi connectivity index (χ1n) is 9.15. The van der Waals surface area contributed by atoms with Gasteiger partial charge in [0.15, 0.2) is 0 Å². The zero-order chi connectivity index (χ0) is 19.4. The number of hydrogen-bond acceptors (Lipinski definition) is 4. The summed E-state index contributed by atoms with van der Waals surface area (Å²) in [5.74, 6) is 0. The van der Waals surface area contributed by atoms with E-state index in [1.165, 1.54) is 0 Å². The van der Waals surface area contributed by atoms with Crippen LogP contribution in [0.15, 0.2) is 47.4 Å². The van der Waals surface area contributed by atoms with E-state index in [1.54, 1.807) is 21.3 Å². The number of likely N-dealkylation sites (tertiary alicyclic amines) is 1. The van der Waals surface area contributed by atoms with Gasteiger partial charge < -0.3 is 9.64 Å². The number of fused-ring (bicyclic) bond motifs is 3. The van der Waals surface area contributed by atoms with E-state index in [2.05, 4.69) is 0 Å². The molecule has 0 radical (unpaired) electrons. The molecule has 2 heterocycles. The van der Waals surface area contributed by atoms with Gasteiger partial charge in [-0.25, -0.2) is 13.2 Å². The number of amides is 1. The molecule has 2 aromatic rings. The van der Waals surface area contributed by atoms with E-state index < -0.39 is 15.6 Å². The molecule has 144 valence electrons. The maximum atomic E-state index is 13.2. The Morgan fingerprint density at radius 2 is 1.74 bits per heavy atom. The number of nitrogens with zero attached hydrogens (tertiary/aromatic N) is 2. The quantitative estimate of drug-likeness (QED) is 0.792. The third kappa shape index (κ3) is 3.30. The van der Waals surface area contributed by atoms with Crippen molar-refractivity contribution in [3.8, 4) is 0 Å². The second kappa shape index (κ2) is 6.21. The number of ether oxygens (including phenoxy) is 1. The maximum Gasteiger partial charge on any atom is 0.410 e. The highest BCUT2D eigenvalue weighted by Crippen LogP contribution is 2.36. The lowest BCUT2D eigenvalue weighted by molar-refractivity contribution is 0.0173. The van der Waals surface area contributed by atoms with Crippen LogP contribution in [0.4, 0.5) is 4.79 Å². The van der Waals surface area contributed by atoms with Crippen LogP contribution in [0, 0.1) is 0 Å². The van der Waals surface area contributed by atoms with Gasteiger partial charge in [0, 0.05) is 19.1 Å². The number of piperazine rings is 1. The highest BCUT2D eigenvalue weighted by molar-refractivity contribution is 7.89. The number of carbonyl (C=O) groups excluding carboxylic acids is 1. The fourth-order valence-electron chi connectivity index (χ4n) is 3.93. The second-order valence-electron chi connectivity index (χ2n) is 8.26. The standard InChI is InChI=1S/C20H24N2O4S/c1-20(2,3)26-19(23)21-12-17-11-16(21)13-22(17)27(24,25)18-9-8-14-6-4-5-7-15(14)10-18/h4-10,16-17H,11-13H2,1-3H3. The number of rotatable bonds is 2. The largest absolute Gasteiger partial charge is 0.444 e. The molecule has 2 unspecified atom stereocenters. The molecule has 0 N–H and O–H groups in total. The zero-order valence-electron chi connectivity index (χ0n) is 15.8. The molecule has 7 heteroatoms. The van der Waals surface area contributed by atoms with E-state index in [-0.39, 0.29) is 18.2 Å². The Bertz CT molecular complexity index is 996. The van der Waals surface area contributed by atoms with Gasteiger partial charge >= 0.3 is 6.09 Å². The molecular formula is C20H24N2O4S. The first-order chi connectivity index (χ1) is 12.6. The predicted molar refractivity (Wildman–Crippen MR) is 103 cm³/mol. The van der Waals surface area contributed by atoms with Gasteiger partial charge in [-0.2, -0.15) is 4.31 Å². The van der Waals surface area contributed by atoms with Crippen LogP contribution in [0.5, 0.6) is 0 Å². The second-order valence-corrected chi connectivity index (χ2v) is 10.2. The molecule has 4 rings (SSSR count). The Morgan fingerprint density at radius 3 is 2.37 bits per heavy atom. The Kier molecular flexibility index (Phi) is 4.20. The highest BCUT2D eigenvalue weighted by atomic mass is 32.2. The van der Waals surface area contributed by atoms with Crippen LogP contribution in [0.2, 0.25) is 0 Å². The summed E-state index contributed by atoms with van der Waals surface area (Å²) in [6, 6.07) is 12.6. The first kappa shape index (κ1) is 18.3. The van der Waals surface area contributed by atoms with Crippen molar-refractivity contribution >= 4 is 26.9 Å². The Labute approximate surface area is 159 Å². The first-order valence-corrected chi connectivity index (χ1v) is 10.6. The molecule has 6 nitrogen and oxygen atoms in total. The summed E-state index contributed by atoms with van der Waals surface area (Å²) in [5.41, 5.74) is -0.560. The van der Waals surface area contributed by atoms with Gasteiger partial charge in [-0.15, -0.1) is 0 Å². The molecule has 2 saturated heterocycles. The molecule has 0 aliphatic carbocycles. The maximum absolute atomic E-state index is 13.2. The SMILES string of the molecule is CC(C)(C)OC(=O)N1CC2CC1CN2S(=O)(=O)c1ccc2ccccc2c1. The van der Waals surface area contributed by atoms with Gasteiger partial charge in [-0.1, -0.05) is 30.3 Å². The van der Waals surface area contributed by atoms with Crippen molar-refractivity contribution in [3.63, 3.8) is 0 Å². The fraction of sp³-hybridized carbons (Fsp3) is 0.450. The number of carbonyl (C=O) groups is 1. The Balaban J connectivity index is 1.54. The van der Waals surface area contributed by atoms with Crippen LogP contribution in [0.1, 0.15) is 27.2 Å². The molecule has 0 aromatic heterocycles. The summed E-state index contributed by atoms with van der Waals surface area (Å²) < 4.78 is 33.3. The molecule has 27 heavy (non-hydrogen) atoms. The van der Waals surface area contributed by atoms with Crippen LogP contribution >= 0.6 is 0 Å². The van der Waals surface area contributed by atoms with Crippen LogP contribution in [-0.4, -0.2) is 54.5 Å². The summed E-state index contributed by atoms with van der Waals surface area (Å²) in [4.78, 5) is 14.3. The van der Waals surface area contributed by atoms with E-state index in [0.717, 1.165) is 10.8 Å². The van der Waals surface area contributed by atoms with Gasteiger partial charge in [0.2, 0.25) is 10.0 Å². The summed E-state index contributed by atoms with van der Waals surface area (Å²) in [6.45, 7) is 6.19. The summed E-state index contributed by atoms with van der Waals surface area (Å²) in [6.07, 6.45) is 0.296. The third-order valence-electron chi connectivity index (χ3n) is 5.15. The van der Waals surface area contributed by atoms with Crippen molar-refractivity contribution in [2.75, 3.05) is 13.1 Å². The van der Waals surface area contributed by atoms with Crippen LogP contribution in [0.3, 0.4) is 0 Å². The molecule has 2 aliphatic heterocycles. The van der Waals surface area contributed by atoms with Crippen molar-refractivity contribution in [2.45, 2.75) is 49.8 Å². The van der Waals surface area contributed by atoms with Crippen molar-refractivity contribution < 1.29 is 17.9 Å². The minimum absolute atomic E-state index is 0.125. The normalized spacial score (nSPS) is 23.1. The molecule has 2 fully saturated rings. The number of benzene rings is 2. The molecule has 0 saturated carbocycles. The molecule has 2 aliphatic rings. The lowest BCUT2D eigenvalue weighted by Crippen LogP contribution is -2.51. The van der Waals surface area contributed by atoms with Crippen LogP contribution in [0.25, 0.3) is 10.8 Å². The average molecular weight is 388 g/mol. The van der Waals surface area contributed by atoms with Crippen molar-refractivity contribution in [1.82, 2.24) is 9.21 Å². The molecule has 2 atom stereocenters. The zero-order valence-corrected chi connectivity index (χ0v) is 16.6. The third-order valence-corrected chi connectivity index (χ3v) is 7.06. The average Bonchev–Trinajstić information content (AvgIpc) is 3.21. The van der Waals surface area contributed by atoms with E-state index >= 15 is 0 Å². The van der Waals surface area contributed by atoms with E-state index in [0.29, 0.717) is 24.4 Å². The Morgan fingerprint density at radius 1 is 1.04 bits per heavy atom. The van der Waals surface area contributed by atoms with Gasteiger partial charge in [-0.3, -0.25) is 0 Å². The number of hydrogen-bond donors (Lipinski definition) is 0. The van der Waals surface area contributed by atoms with Crippen LogP contribution < -0.4 is 0 Å². The summed E-state index contributed by atoms with van der Waals surface area (Å²) >= 11 is 0. The summed E-state index contributed by atoms with van der Waals surface area (Å²) in [7, 11) is -3.59. The van der Waals surface area contributed by atoms with Crippen molar-refractivity contribution in [1.29, 1.82) is 0 Å². The fourth-order valence-corrected chi connectivity index (χ4v) is 5.63. The van der Waals surface area contributed by atoms with Crippen molar-refractivity contribution in [2.24, 2.45) is 0 Å². The van der Waals surface area contributed by atoms with Gasteiger partial charge in [0.25, 0.3) is 0 Å². The molecule has 0 spiro atoms. The summed E-state index contributed by atoms with van der Waals surface area (Å²) in [5, 5.41) is 1.91. The van der Waals surface area contributed by atoms with E-state index in [9.17, 15) is 13.2 Å². The minimum Gasteiger partial charge on any atom is -0.444 e. The highest BCUT2D eigenvalue weighted by Gasteiger charge is 2.50. The van der Waals surface area contributed by atoms with E-state index in [4.69, 9.17) is 4.74 Å². The lowest BCUT2D eigenvalue weighted by atomic mass is 10.1. The van der Waals surface area contributed by atoms with Gasteiger partial charge in [0.1, 0.15) is 5.60 Å². The molecule has 1 amide bonds. The molecule has 2 bridgehead atoms. The topological polar surface area (TPSA) is 66.9 Å². The van der Waals surface area contributed by atoms with Crippen molar-refractivity contribution in [3.05, 3.63) is 42.5 Å². The monoisotopic (exact) mass is 388 g/mol. The van der Waals surface area contributed by atoms with E-state index in [1.807, 2.05) is 51.1 Å². The Hall–Kier alpha value is -2.12. The minimum atomic E-state index is -3.59.